The molecular formula is C15H17ClO4. The topological polar surface area (TPSA) is 52.6 Å². The summed E-state index contributed by atoms with van der Waals surface area (Å²) in [6, 6.07) is 6.66. The molecule has 0 aliphatic heterocycles. The minimum Gasteiger partial charge on any atom is -0.461 e. The van der Waals surface area contributed by atoms with Gasteiger partial charge in [-0.25, -0.2) is 0 Å². The molecule has 0 saturated carbocycles. The molecule has 1 aromatic rings. The molecule has 5 heteroatoms. The number of hydrogen-bond acceptors (Lipinski definition) is 4. The van der Waals surface area contributed by atoms with Crippen LogP contribution in [0.3, 0.4) is 0 Å². The third-order valence-corrected chi connectivity index (χ3v) is 2.64. The van der Waals surface area contributed by atoms with Crippen molar-refractivity contribution < 1.29 is 19.1 Å². The first-order valence-corrected chi connectivity index (χ1v) is 6.61. The monoisotopic (exact) mass is 296 g/mol. The van der Waals surface area contributed by atoms with Crippen molar-refractivity contribution in [1.82, 2.24) is 0 Å². The zero-order valence-corrected chi connectivity index (χ0v) is 12.3. The summed E-state index contributed by atoms with van der Waals surface area (Å²) in [5, 5.41) is 0.354. The summed E-state index contributed by atoms with van der Waals surface area (Å²) in [6.45, 7) is 4.05. The standard InChI is InChI=1S/C15H17ClO4/c1-11(2)9-10-19-14(17)7-8-15(18)20-13-6-4-3-5-12(13)16/h3-6,9H,7-8,10H2,1-2H3. The lowest BCUT2D eigenvalue weighted by Gasteiger charge is -2.05. The quantitative estimate of drug-likeness (QED) is 0.458. The zero-order chi connectivity index (χ0) is 15.0. The molecule has 0 N–H and O–H groups in total. The zero-order valence-electron chi connectivity index (χ0n) is 11.5. The Kier molecular flexibility index (Phi) is 6.81. The van der Waals surface area contributed by atoms with Crippen LogP contribution in [-0.4, -0.2) is 18.5 Å². The number of allylic oxidation sites excluding steroid dienone is 1. The van der Waals surface area contributed by atoms with Crippen molar-refractivity contribution in [3.63, 3.8) is 0 Å². The molecule has 0 bridgehead atoms. The van der Waals surface area contributed by atoms with E-state index in [4.69, 9.17) is 21.1 Å². The van der Waals surface area contributed by atoms with Gasteiger partial charge in [0.1, 0.15) is 12.4 Å². The lowest BCUT2D eigenvalue weighted by atomic mass is 10.3. The second-order valence-electron chi connectivity index (χ2n) is 4.37. The van der Waals surface area contributed by atoms with Gasteiger partial charge < -0.3 is 9.47 Å². The van der Waals surface area contributed by atoms with Crippen molar-refractivity contribution in [3.05, 3.63) is 40.9 Å². The largest absolute Gasteiger partial charge is 0.461 e. The summed E-state index contributed by atoms with van der Waals surface area (Å²) in [6.07, 6.45) is 1.73. The summed E-state index contributed by atoms with van der Waals surface area (Å²) in [5.74, 6) is -0.659. The second-order valence-corrected chi connectivity index (χ2v) is 4.78. The molecule has 1 rings (SSSR count). The minimum atomic E-state index is -0.516. The van der Waals surface area contributed by atoms with E-state index in [-0.39, 0.29) is 25.2 Å². The van der Waals surface area contributed by atoms with Crippen LogP contribution in [0.15, 0.2) is 35.9 Å². The minimum absolute atomic E-state index is 0.0140. The Hall–Kier alpha value is -1.81. The molecule has 20 heavy (non-hydrogen) atoms. The predicted molar refractivity (Wildman–Crippen MR) is 76.7 cm³/mol. The van der Waals surface area contributed by atoms with Crippen LogP contribution in [0.4, 0.5) is 0 Å². The van der Waals surface area contributed by atoms with E-state index in [0.717, 1.165) is 5.57 Å². The van der Waals surface area contributed by atoms with E-state index in [0.29, 0.717) is 5.02 Å². The molecule has 0 aromatic heterocycles. The van der Waals surface area contributed by atoms with Crippen molar-refractivity contribution in [3.8, 4) is 5.75 Å². The SMILES string of the molecule is CC(C)=CCOC(=O)CCC(=O)Oc1ccccc1Cl. The van der Waals surface area contributed by atoms with Crippen molar-refractivity contribution in [1.29, 1.82) is 0 Å². The van der Waals surface area contributed by atoms with E-state index < -0.39 is 11.9 Å². The molecular weight excluding hydrogens is 280 g/mol. The van der Waals surface area contributed by atoms with E-state index in [9.17, 15) is 9.59 Å². The Morgan fingerprint density at radius 1 is 1.15 bits per heavy atom. The molecule has 0 radical (unpaired) electrons. The fraction of sp³-hybridized carbons (Fsp3) is 0.333. The van der Waals surface area contributed by atoms with E-state index in [1.807, 2.05) is 13.8 Å². The molecule has 0 amide bonds. The van der Waals surface area contributed by atoms with Crippen LogP contribution in [0.1, 0.15) is 26.7 Å². The van der Waals surface area contributed by atoms with Gasteiger partial charge in [0.2, 0.25) is 0 Å². The number of ether oxygens (including phenoxy) is 2. The molecule has 0 heterocycles. The Balaban J connectivity index is 2.31. The van der Waals surface area contributed by atoms with E-state index in [1.165, 1.54) is 0 Å². The van der Waals surface area contributed by atoms with Crippen molar-refractivity contribution in [2.45, 2.75) is 26.7 Å². The van der Waals surface area contributed by atoms with Crippen molar-refractivity contribution in [2.75, 3.05) is 6.61 Å². The van der Waals surface area contributed by atoms with Gasteiger partial charge in [-0.05, 0) is 32.1 Å². The molecule has 0 unspecified atom stereocenters. The van der Waals surface area contributed by atoms with Crippen LogP contribution in [-0.2, 0) is 14.3 Å². The summed E-state index contributed by atoms with van der Waals surface area (Å²) >= 11 is 5.85. The number of carbonyl (C=O) groups is 2. The Labute approximate surface area is 123 Å². The molecule has 0 aliphatic rings. The average Bonchev–Trinajstić information content (AvgIpc) is 2.39. The van der Waals surface area contributed by atoms with Gasteiger partial charge in [-0.3, -0.25) is 9.59 Å². The Morgan fingerprint density at radius 2 is 1.80 bits per heavy atom. The number of hydrogen-bond donors (Lipinski definition) is 0. The number of benzene rings is 1. The third-order valence-electron chi connectivity index (χ3n) is 2.33. The van der Waals surface area contributed by atoms with Gasteiger partial charge in [0.05, 0.1) is 17.9 Å². The molecule has 0 atom stereocenters. The number of para-hydroxylation sites is 1. The van der Waals surface area contributed by atoms with Crippen LogP contribution in [0.5, 0.6) is 5.75 Å². The highest BCUT2D eigenvalue weighted by Gasteiger charge is 2.11. The first-order chi connectivity index (χ1) is 9.49. The van der Waals surface area contributed by atoms with Gasteiger partial charge >= 0.3 is 11.9 Å². The highest BCUT2D eigenvalue weighted by atomic mass is 35.5. The van der Waals surface area contributed by atoms with Crippen LogP contribution >= 0.6 is 11.6 Å². The van der Waals surface area contributed by atoms with Crippen LogP contribution in [0.2, 0.25) is 5.02 Å². The van der Waals surface area contributed by atoms with Crippen LogP contribution in [0.25, 0.3) is 0 Å². The van der Waals surface area contributed by atoms with E-state index >= 15 is 0 Å². The second kappa shape index (κ2) is 8.38. The summed E-state index contributed by atoms with van der Waals surface area (Å²) in [5.41, 5.74) is 1.07. The average molecular weight is 297 g/mol. The summed E-state index contributed by atoms with van der Waals surface area (Å²) in [4.78, 5) is 22.9. The number of halogens is 1. The molecule has 1 aromatic carbocycles. The van der Waals surface area contributed by atoms with Crippen molar-refractivity contribution in [2.24, 2.45) is 0 Å². The van der Waals surface area contributed by atoms with Crippen LogP contribution in [0, 0.1) is 0 Å². The third kappa shape index (κ3) is 6.38. The van der Waals surface area contributed by atoms with Gasteiger partial charge in [0.15, 0.2) is 0 Å². The van der Waals surface area contributed by atoms with Gasteiger partial charge in [0.25, 0.3) is 0 Å². The van der Waals surface area contributed by atoms with Gasteiger partial charge in [-0.15, -0.1) is 0 Å². The molecule has 0 fully saturated rings. The first kappa shape index (κ1) is 16.2. The predicted octanol–water partition coefficient (Wildman–Crippen LogP) is 3.54. The highest BCUT2D eigenvalue weighted by molar-refractivity contribution is 6.32. The van der Waals surface area contributed by atoms with Gasteiger partial charge in [-0.2, -0.15) is 0 Å². The Bertz CT molecular complexity index is 504. The summed E-state index contributed by atoms with van der Waals surface area (Å²) in [7, 11) is 0. The maximum atomic E-state index is 11.6. The molecule has 0 spiro atoms. The van der Waals surface area contributed by atoms with Gasteiger partial charge in [-0.1, -0.05) is 29.3 Å². The highest BCUT2D eigenvalue weighted by Crippen LogP contribution is 2.23. The molecule has 0 aliphatic carbocycles. The molecule has 108 valence electrons. The van der Waals surface area contributed by atoms with E-state index in [1.54, 1.807) is 30.3 Å². The first-order valence-electron chi connectivity index (χ1n) is 6.23. The van der Waals surface area contributed by atoms with Gasteiger partial charge in [0, 0.05) is 0 Å². The lowest BCUT2D eigenvalue weighted by Crippen LogP contribution is -2.12. The fourth-order valence-electron chi connectivity index (χ4n) is 1.28. The maximum Gasteiger partial charge on any atom is 0.311 e. The smallest absolute Gasteiger partial charge is 0.311 e. The van der Waals surface area contributed by atoms with Crippen molar-refractivity contribution >= 4 is 23.5 Å². The summed E-state index contributed by atoms with van der Waals surface area (Å²) < 4.78 is 9.98. The lowest BCUT2D eigenvalue weighted by molar-refractivity contribution is -0.145. The molecule has 0 saturated heterocycles. The van der Waals surface area contributed by atoms with E-state index in [2.05, 4.69) is 0 Å². The normalized spacial score (nSPS) is 9.75. The fourth-order valence-corrected chi connectivity index (χ4v) is 1.45. The number of esters is 2. The molecule has 4 nitrogen and oxygen atoms in total. The Morgan fingerprint density at radius 3 is 2.45 bits per heavy atom. The maximum absolute atomic E-state index is 11.6. The van der Waals surface area contributed by atoms with Crippen LogP contribution < -0.4 is 4.74 Å². The number of carbonyl (C=O) groups excluding carboxylic acids is 2. The number of rotatable bonds is 6.